The van der Waals surface area contributed by atoms with Crippen LogP contribution in [0, 0.1) is 6.92 Å². The van der Waals surface area contributed by atoms with Crippen LogP contribution in [0.25, 0.3) is 11.5 Å². The topological polar surface area (TPSA) is 111 Å². The van der Waals surface area contributed by atoms with Crippen LogP contribution in [0.4, 0.5) is 13.2 Å². The Morgan fingerprint density at radius 2 is 1.77 bits per heavy atom. The third-order valence-electron chi connectivity index (χ3n) is 5.37. The maximum absolute atomic E-state index is 13.0. The Hall–Kier alpha value is -3.42. The maximum atomic E-state index is 13.0. The second kappa shape index (κ2) is 12.4. The van der Waals surface area contributed by atoms with Crippen molar-refractivity contribution in [3.63, 3.8) is 0 Å². The van der Waals surface area contributed by atoms with Gasteiger partial charge >= 0.3 is 12.1 Å². The molecule has 1 aromatic heterocycles. The molecule has 0 saturated heterocycles. The van der Waals surface area contributed by atoms with E-state index in [0.717, 1.165) is 16.4 Å². The fourth-order valence-electron chi connectivity index (χ4n) is 3.60. The number of halogens is 3. The molecule has 0 fully saturated rings. The van der Waals surface area contributed by atoms with Gasteiger partial charge in [-0.15, -0.1) is 0 Å². The number of alkyl halides is 3. The standard InChI is InChI=1S/C27H32F3N3O6S/c1-6-37-24(34)16-33(40(35,36)32-26(3,4)5)15-19-8-7-9-22(14-19)38-17-23-18(2)39-25(31-23)20-10-12-21(13-11-20)27(28,29)30/h7-14,32H,6,15-17H2,1-5H3. The zero-order valence-electron chi connectivity index (χ0n) is 22.8. The lowest BCUT2D eigenvalue weighted by molar-refractivity contribution is -0.143. The molecular formula is C27H32F3N3O6S. The number of nitrogens with zero attached hydrogens (tertiary/aromatic N) is 2. The van der Waals surface area contributed by atoms with Crippen LogP contribution < -0.4 is 9.46 Å². The van der Waals surface area contributed by atoms with Crippen LogP contribution in [0.3, 0.4) is 0 Å². The minimum atomic E-state index is -4.44. The average molecular weight is 584 g/mol. The number of benzene rings is 2. The molecule has 1 heterocycles. The lowest BCUT2D eigenvalue weighted by Crippen LogP contribution is -2.50. The van der Waals surface area contributed by atoms with Crippen LogP contribution in [0.2, 0.25) is 0 Å². The number of carbonyl (C=O) groups is 1. The molecule has 0 atom stereocenters. The highest BCUT2D eigenvalue weighted by atomic mass is 32.2. The van der Waals surface area contributed by atoms with Crippen LogP contribution in [-0.4, -0.2) is 42.4 Å². The predicted octanol–water partition coefficient (Wildman–Crippen LogP) is 5.25. The third-order valence-corrected chi connectivity index (χ3v) is 7.18. The first kappa shape index (κ1) is 31.1. The van der Waals surface area contributed by atoms with Gasteiger partial charge in [0.15, 0.2) is 0 Å². The van der Waals surface area contributed by atoms with E-state index in [1.54, 1.807) is 58.9 Å². The molecule has 0 aliphatic carbocycles. The van der Waals surface area contributed by atoms with Crippen molar-refractivity contribution < 1.29 is 40.3 Å². The van der Waals surface area contributed by atoms with E-state index in [-0.39, 0.29) is 25.6 Å². The highest BCUT2D eigenvalue weighted by Crippen LogP contribution is 2.31. The Morgan fingerprint density at radius 1 is 1.10 bits per heavy atom. The van der Waals surface area contributed by atoms with Crippen molar-refractivity contribution in [1.82, 2.24) is 14.0 Å². The van der Waals surface area contributed by atoms with Gasteiger partial charge in [0.25, 0.3) is 10.2 Å². The molecule has 218 valence electrons. The van der Waals surface area contributed by atoms with Crippen molar-refractivity contribution in [2.45, 2.75) is 59.5 Å². The summed E-state index contributed by atoms with van der Waals surface area (Å²) in [7, 11) is -4.04. The monoisotopic (exact) mass is 583 g/mol. The Morgan fingerprint density at radius 3 is 2.38 bits per heavy atom. The second-order valence-corrected chi connectivity index (χ2v) is 11.6. The van der Waals surface area contributed by atoms with Gasteiger partial charge in [-0.3, -0.25) is 4.79 Å². The third kappa shape index (κ3) is 8.80. The summed E-state index contributed by atoms with van der Waals surface area (Å²) in [6.07, 6.45) is -4.44. The van der Waals surface area contributed by atoms with Gasteiger partial charge in [0.2, 0.25) is 5.89 Å². The van der Waals surface area contributed by atoms with E-state index in [0.29, 0.717) is 28.3 Å². The summed E-state index contributed by atoms with van der Waals surface area (Å²) >= 11 is 0. The van der Waals surface area contributed by atoms with Gasteiger partial charge in [0.1, 0.15) is 30.4 Å². The molecule has 3 aromatic rings. The summed E-state index contributed by atoms with van der Waals surface area (Å²) in [5.41, 5.74) is -0.155. The summed E-state index contributed by atoms with van der Waals surface area (Å²) in [5.74, 6) is 0.323. The lowest BCUT2D eigenvalue weighted by atomic mass is 10.1. The van der Waals surface area contributed by atoms with Crippen molar-refractivity contribution in [3.8, 4) is 17.2 Å². The van der Waals surface area contributed by atoms with Gasteiger partial charge in [0, 0.05) is 17.6 Å². The van der Waals surface area contributed by atoms with E-state index < -0.39 is 40.0 Å². The molecule has 2 aromatic carbocycles. The Balaban J connectivity index is 1.74. The molecule has 0 spiro atoms. The molecule has 0 aliphatic rings. The number of hydrogen-bond donors (Lipinski definition) is 1. The maximum Gasteiger partial charge on any atom is 0.416 e. The van der Waals surface area contributed by atoms with Crippen LogP contribution >= 0.6 is 0 Å². The van der Waals surface area contributed by atoms with Crippen LogP contribution in [0.15, 0.2) is 52.9 Å². The van der Waals surface area contributed by atoms with E-state index in [1.807, 2.05) is 0 Å². The van der Waals surface area contributed by atoms with Crippen LogP contribution in [0.5, 0.6) is 5.75 Å². The zero-order chi connectivity index (χ0) is 29.7. The summed E-state index contributed by atoms with van der Waals surface area (Å²) in [6.45, 7) is 7.88. The van der Waals surface area contributed by atoms with E-state index in [4.69, 9.17) is 13.9 Å². The highest BCUT2D eigenvalue weighted by molar-refractivity contribution is 7.87. The molecule has 0 radical (unpaired) electrons. The van der Waals surface area contributed by atoms with Crippen molar-refractivity contribution in [3.05, 3.63) is 71.1 Å². The quantitative estimate of drug-likeness (QED) is 0.307. The Kier molecular flexibility index (Phi) is 9.64. The first-order chi connectivity index (χ1) is 18.6. The molecule has 13 heteroatoms. The molecule has 1 N–H and O–H groups in total. The molecule has 9 nitrogen and oxygen atoms in total. The van der Waals surface area contributed by atoms with Gasteiger partial charge in [0.05, 0.1) is 12.2 Å². The van der Waals surface area contributed by atoms with Crippen molar-refractivity contribution in [2.75, 3.05) is 13.2 Å². The molecule has 0 bridgehead atoms. The second-order valence-electron chi connectivity index (χ2n) is 9.96. The van der Waals surface area contributed by atoms with Gasteiger partial charge in [-0.2, -0.15) is 30.6 Å². The first-order valence-corrected chi connectivity index (χ1v) is 13.8. The largest absolute Gasteiger partial charge is 0.487 e. The molecular weight excluding hydrogens is 551 g/mol. The number of aromatic nitrogens is 1. The Bertz CT molecular complexity index is 1410. The summed E-state index contributed by atoms with van der Waals surface area (Å²) in [5, 5.41) is 0. The van der Waals surface area contributed by atoms with Crippen molar-refractivity contribution in [1.29, 1.82) is 0 Å². The van der Waals surface area contributed by atoms with Gasteiger partial charge in [-0.05, 0) is 76.6 Å². The number of rotatable bonds is 11. The molecule has 0 amide bonds. The number of aryl methyl sites for hydroxylation is 1. The van der Waals surface area contributed by atoms with Crippen LogP contribution in [0.1, 0.15) is 50.3 Å². The number of hydrogen-bond acceptors (Lipinski definition) is 7. The summed E-state index contributed by atoms with van der Waals surface area (Å²) in [6, 6.07) is 11.2. The van der Waals surface area contributed by atoms with Crippen LogP contribution in [-0.2, 0) is 39.1 Å². The molecule has 3 rings (SSSR count). The lowest BCUT2D eigenvalue weighted by Gasteiger charge is -2.27. The highest BCUT2D eigenvalue weighted by Gasteiger charge is 2.31. The number of esters is 1. The summed E-state index contributed by atoms with van der Waals surface area (Å²) in [4.78, 5) is 16.5. The number of ether oxygens (including phenoxy) is 2. The molecule has 0 aliphatic heterocycles. The van der Waals surface area contributed by atoms with E-state index >= 15 is 0 Å². The molecule has 0 unspecified atom stereocenters. The smallest absolute Gasteiger partial charge is 0.416 e. The first-order valence-electron chi connectivity index (χ1n) is 12.4. The minimum Gasteiger partial charge on any atom is -0.487 e. The number of carbonyl (C=O) groups excluding carboxylic acids is 1. The van der Waals surface area contributed by atoms with Crippen molar-refractivity contribution >= 4 is 16.2 Å². The van der Waals surface area contributed by atoms with Gasteiger partial charge < -0.3 is 13.9 Å². The fraction of sp³-hybridized carbons (Fsp3) is 0.407. The minimum absolute atomic E-state index is 0.00413. The summed E-state index contributed by atoms with van der Waals surface area (Å²) < 4.78 is 84.5. The van der Waals surface area contributed by atoms with Gasteiger partial charge in [-0.25, -0.2) is 4.98 Å². The predicted molar refractivity (Wildman–Crippen MR) is 141 cm³/mol. The fourth-order valence-corrected chi connectivity index (χ4v) is 5.10. The normalized spacial score (nSPS) is 12.5. The average Bonchev–Trinajstić information content (AvgIpc) is 3.21. The van der Waals surface area contributed by atoms with Crippen molar-refractivity contribution in [2.24, 2.45) is 0 Å². The number of nitrogens with one attached hydrogen (secondary N) is 1. The molecule has 40 heavy (non-hydrogen) atoms. The Labute approximate surface area is 231 Å². The van der Waals surface area contributed by atoms with Gasteiger partial charge in [-0.1, -0.05) is 12.1 Å². The van der Waals surface area contributed by atoms with E-state index in [1.165, 1.54) is 12.1 Å². The zero-order valence-corrected chi connectivity index (χ0v) is 23.6. The SMILES string of the molecule is CCOC(=O)CN(Cc1cccc(OCc2nc(-c3ccc(C(F)(F)F)cc3)oc2C)c1)S(=O)(=O)NC(C)(C)C. The van der Waals surface area contributed by atoms with E-state index in [9.17, 15) is 26.4 Å². The van der Waals surface area contributed by atoms with E-state index in [2.05, 4.69) is 9.71 Å². The number of oxazole rings is 1. The molecule has 0 saturated carbocycles.